The van der Waals surface area contributed by atoms with Gasteiger partial charge in [0.2, 0.25) is 0 Å². The van der Waals surface area contributed by atoms with E-state index in [1.54, 1.807) is 0 Å². The minimum absolute atomic E-state index is 0.563. The lowest BCUT2D eigenvalue weighted by Gasteiger charge is -2.12. The van der Waals surface area contributed by atoms with E-state index in [-0.39, 0.29) is 0 Å². The maximum absolute atomic E-state index is 3.48. The van der Waals surface area contributed by atoms with Crippen molar-refractivity contribution in [3.63, 3.8) is 0 Å². The number of aryl methyl sites for hydroxylation is 1. The predicted octanol–water partition coefficient (Wildman–Crippen LogP) is 4.65. The lowest BCUT2D eigenvalue weighted by molar-refractivity contribution is 0.537. The maximum atomic E-state index is 3.48. The van der Waals surface area contributed by atoms with Crippen LogP contribution < -0.4 is 5.32 Å². The first-order chi connectivity index (χ1) is 9.31. The molecule has 100 valence electrons. The van der Waals surface area contributed by atoms with E-state index in [4.69, 9.17) is 0 Å². The Morgan fingerprint density at radius 3 is 2.79 bits per heavy atom. The van der Waals surface area contributed by atoms with E-state index >= 15 is 0 Å². The molecule has 1 unspecified atom stereocenters. The van der Waals surface area contributed by atoms with Crippen LogP contribution >= 0.6 is 11.3 Å². The Hall–Kier alpha value is -1.12. The van der Waals surface area contributed by atoms with Crippen molar-refractivity contribution in [3.05, 3.63) is 46.8 Å². The first kappa shape index (κ1) is 12.9. The first-order valence-corrected chi connectivity index (χ1v) is 7.99. The van der Waals surface area contributed by atoms with Crippen LogP contribution in [0.1, 0.15) is 36.2 Å². The standard InChI is InChI=1S/C17H21NS/c1-3-12-5-4-6-14(11-12)15-9-10-16(19-15)17(18-2)13-7-8-13/h4-6,9-11,13,17-18H,3,7-8H2,1-2H3. The summed E-state index contributed by atoms with van der Waals surface area (Å²) in [6.45, 7) is 2.21. The smallest absolute Gasteiger partial charge is 0.0441 e. The largest absolute Gasteiger partial charge is 0.312 e. The average Bonchev–Trinajstić information content (AvgIpc) is 3.17. The van der Waals surface area contributed by atoms with E-state index in [0.29, 0.717) is 6.04 Å². The second-order valence-corrected chi connectivity index (χ2v) is 6.48. The highest BCUT2D eigenvalue weighted by molar-refractivity contribution is 7.15. The number of thiophene rings is 1. The fourth-order valence-electron chi connectivity index (χ4n) is 2.66. The van der Waals surface area contributed by atoms with E-state index in [0.717, 1.165) is 12.3 Å². The molecular formula is C17H21NS. The summed E-state index contributed by atoms with van der Waals surface area (Å²) in [4.78, 5) is 2.88. The molecule has 1 fully saturated rings. The Morgan fingerprint density at radius 2 is 2.11 bits per heavy atom. The monoisotopic (exact) mass is 271 g/mol. The van der Waals surface area contributed by atoms with Gasteiger partial charge in [0.1, 0.15) is 0 Å². The third-order valence-corrected chi connectivity index (χ3v) is 5.17. The molecule has 1 saturated carbocycles. The first-order valence-electron chi connectivity index (χ1n) is 7.18. The van der Waals surface area contributed by atoms with Crippen LogP contribution in [-0.2, 0) is 6.42 Å². The maximum Gasteiger partial charge on any atom is 0.0441 e. The molecule has 19 heavy (non-hydrogen) atoms. The van der Waals surface area contributed by atoms with Crippen molar-refractivity contribution in [2.75, 3.05) is 7.05 Å². The molecule has 0 saturated heterocycles. The number of rotatable bonds is 5. The van der Waals surface area contributed by atoms with Gasteiger partial charge in [-0.2, -0.15) is 0 Å². The summed E-state index contributed by atoms with van der Waals surface area (Å²) in [5.41, 5.74) is 2.78. The quantitative estimate of drug-likeness (QED) is 0.835. The Labute approximate surface area is 119 Å². The zero-order chi connectivity index (χ0) is 13.2. The predicted molar refractivity (Wildman–Crippen MR) is 83.7 cm³/mol. The minimum atomic E-state index is 0.563. The van der Waals surface area contributed by atoms with Gasteiger partial charge >= 0.3 is 0 Å². The van der Waals surface area contributed by atoms with Gasteiger partial charge in [-0.15, -0.1) is 11.3 Å². The van der Waals surface area contributed by atoms with Crippen molar-refractivity contribution in [3.8, 4) is 10.4 Å². The van der Waals surface area contributed by atoms with Gasteiger partial charge in [-0.25, -0.2) is 0 Å². The molecule has 2 heteroatoms. The van der Waals surface area contributed by atoms with E-state index < -0.39 is 0 Å². The number of benzene rings is 1. The molecule has 0 spiro atoms. The fraction of sp³-hybridized carbons (Fsp3) is 0.412. The van der Waals surface area contributed by atoms with Gasteiger partial charge in [0.15, 0.2) is 0 Å². The summed E-state index contributed by atoms with van der Waals surface area (Å²) in [7, 11) is 2.08. The molecule has 1 aliphatic carbocycles. The van der Waals surface area contributed by atoms with Gasteiger partial charge < -0.3 is 5.32 Å². The van der Waals surface area contributed by atoms with Crippen molar-refractivity contribution in [1.82, 2.24) is 5.32 Å². The Morgan fingerprint density at radius 1 is 1.26 bits per heavy atom. The molecule has 3 rings (SSSR count). The normalized spacial score (nSPS) is 16.5. The van der Waals surface area contributed by atoms with Crippen molar-refractivity contribution in [1.29, 1.82) is 0 Å². The van der Waals surface area contributed by atoms with Crippen molar-refractivity contribution in [2.24, 2.45) is 5.92 Å². The molecule has 1 aliphatic rings. The lowest BCUT2D eigenvalue weighted by atomic mass is 10.1. The molecule has 1 N–H and O–H groups in total. The molecule has 1 atom stereocenters. The number of hydrogen-bond acceptors (Lipinski definition) is 2. The zero-order valence-electron chi connectivity index (χ0n) is 11.6. The summed E-state index contributed by atoms with van der Waals surface area (Å²) in [6.07, 6.45) is 3.86. The fourth-order valence-corrected chi connectivity index (χ4v) is 3.87. The van der Waals surface area contributed by atoms with Crippen LogP contribution in [0.15, 0.2) is 36.4 Å². The van der Waals surface area contributed by atoms with Gasteiger partial charge in [-0.05, 0) is 55.5 Å². The van der Waals surface area contributed by atoms with Crippen LogP contribution in [-0.4, -0.2) is 7.05 Å². The lowest BCUT2D eigenvalue weighted by Crippen LogP contribution is -2.16. The Bertz CT molecular complexity index is 554. The van der Waals surface area contributed by atoms with Gasteiger partial charge in [0.25, 0.3) is 0 Å². The van der Waals surface area contributed by atoms with Crippen LogP contribution in [0.4, 0.5) is 0 Å². The van der Waals surface area contributed by atoms with Crippen LogP contribution in [0.25, 0.3) is 10.4 Å². The summed E-state index contributed by atoms with van der Waals surface area (Å²) in [5, 5.41) is 3.48. The van der Waals surface area contributed by atoms with Crippen LogP contribution in [0, 0.1) is 5.92 Å². The number of hydrogen-bond donors (Lipinski definition) is 1. The topological polar surface area (TPSA) is 12.0 Å². The van der Waals surface area contributed by atoms with Gasteiger partial charge in [0.05, 0.1) is 0 Å². The van der Waals surface area contributed by atoms with Gasteiger partial charge in [0, 0.05) is 15.8 Å². The third kappa shape index (κ3) is 2.75. The SMILES string of the molecule is CCc1cccc(-c2ccc(C(NC)C3CC3)s2)c1. The molecule has 0 amide bonds. The van der Waals surface area contributed by atoms with Gasteiger partial charge in [-0.3, -0.25) is 0 Å². The van der Waals surface area contributed by atoms with Crippen molar-refractivity contribution < 1.29 is 0 Å². The van der Waals surface area contributed by atoms with Crippen LogP contribution in [0.2, 0.25) is 0 Å². The Kier molecular flexibility index (Phi) is 3.72. The van der Waals surface area contributed by atoms with Gasteiger partial charge in [-0.1, -0.05) is 31.2 Å². The Balaban J connectivity index is 1.87. The average molecular weight is 271 g/mol. The summed E-state index contributed by atoms with van der Waals surface area (Å²) < 4.78 is 0. The van der Waals surface area contributed by atoms with E-state index in [2.05, 4.69) is 55.7 Å². The van der Waals surface area contributed by atoms with Crippen molar-refractivity contribution >= 4 is 11.3 Å². The number of nitrogens with one attached hydrogen (secondary N) is 1. The molecular weight excluding hydrogens is 250 g/mol. The molecule has 0 aliphatic heterocycles. The molecule has 1 nitrogen and oxygen atoms in total. The van der Waals surface area contributed by atoms with Crippen LogP contribution in [0.5, 0.6) is 0 Å². The highest BCUT2D eigenvalue weighted by Gasteiger charge is 2.32. The molecule has 1 aromatic carbocycles. The van der Waals surface area contributed by atoms with Crippen molar-refractivity contribution in [2.45, 2.75) is 32.2 Å². The van der Waals surface area contributed by atoms with E-state index in [1.165, 1.54) is 33.7 Å². The van der Waals surface area contributed by atoms with Crippen LogP contribution in [0.3, 0.4) is 0 Å². The molecule has 1 aromatic heterocycles. The minimum Gasteiger partial charge on any atom is -0.312 e. The highest BCUT2D eigenvalue weighted by atomic mass is 32.1. The second kappa shape index (κ2) is 5.48. The summed E-state index contributed by atoms with van der Waals surface area (Å²) in [6, 6.07) is 14.1. The second-order valence-electron chi connectivity index (χ2n) is 5.36. The molecule has 0 radical (unpaired) electrons. The summed E-state index contributed by atoms with van der Waals surface area (Å²) >= 11 is 1.94. The highest BCUT2D eigenvalue weighted by Crippen LogP contribution is 2.44. The van der Waals surface area contributed by atoms with E-state index in [1.807, 2.05) is 11.3 Å². The molecule has 1 heterocycles. The summed E-state index contributed by atoms with van der Waals surface area (Å²) in [5.74, 6) is 0.860. The van der Waals surface area contributed by atoms with E-state index in [9.17, 15) is 0 Å². The molecule has 2 aromatic rings. The zero-order valence-corrected chi connectivity index (χ0v) is 12.5. The third-order valence-electron chi connectivity index (χ3n) is 3.96. The molecule has 0 bridgehead atoms.